The van der Waals surface area contributed by atoms with Crippen LogP contribution in [0.1, 0.15) is 24.3 Å². The lowest BCUT2D eigenvalue weighted by Gasteiger charge is -2.13. The van der Waals surface area contributed by atoms with Crippen LogP contribution in [0.25, 0.3) is 0 Å². The third-order valence-electron chi connectivity index (χ3n) is 2.54. The summed E-state index contributed by atoms with van der Waals surface area (Å²) in [5.41, 5.74) is 11.2. The number of carbonyl (C=O) groups excluding carboxylic acids is 2. The molecule has 1 aromatic carbocycles. The van der Waals surface area contributed by atoms with Crippen molar-refractivity contribution in [2.45, 2.75) is 23.7 Å². The summed E-state index contributed by atoms with van der Waals surface area (Å²) in [5, 5.41) is 0. The topological polar surface area (TPSA) is 86.2 Å². The largest absolute Gasteiger partial charge is 0.370 e. The smallest absolute Gasteiger partial charge is 0.224 e. The fourth-order valence-corrected chi connectivity index (χ4v) is 2.00. The summed E-state index contributed by atoms with van der Waals surface area (Å²) in [6.07, 6.45) is 2.51. The van der Waals surface area contributed by atoms with Crippen LogP contribution in [0.4, 0.5) is 0 Å². The number of hydrogen-bond donors (Lipinski definition) is 2. The van der Waals surface area contributed by atoms with E-state index in [9.17, 15) is 9.59 Å². The van der Waals surface area contributed by atoms with Gasteiger partial charge in [-0.2, -0.15) is 0 Å². The molecule has 0 spiro atoms. The van der Waals surface area contributed by atoms with E-state index < -0.39 is 17.7 Å². The van der Waals surface area contributed by atoms with Gasteiger partial charge in [0.2, 0.25) is 11.8 Å². The number of carbonyl (C=O) groups is 2. The zero-order valence-electron chi connectivity index (χ0n) is 9.68. The van der Waals surface area contributed by atoms with Crippen molar-refractivity contribution in [2.24, 2.45) is 11.5 Å². The number of thioether (sulfide) groups is 1. The zero-order chi connectivity index (χ0) is 12.8. The molecule has 0 aliphatic carbocycles. The Kier molecular flexibility index (Phi) is 5.03. The van der Waals surface area contributed by atoms with Crippen LogP contribution in [0, 0.1) is 0 Å². The molecule has 2 amide bonds. The van der Waals surface area contributed by atoms with Crippen LogP contribution in [-0.2, 0) is 9.59 Å². The van der Waals surface area contributed by atoms with Crippen LogP contribution in [0.5, 0.6) is 0 Å². The highest BCUT2D eigenvalue weighted by Gasteiger charge is 2.18. The van der Waals surface area contributed by atoms with Gasteiger partial charge in [-0.1, -0.05) is 12.1 Å². The molecule has 0 aromatic heterocycles. The number of primary amides is 2. The molecule has 0 radical (unpaired) electrons. The predicted octanol–water partition coefficient (Wildman–Crippen LogP) is 1.24. The minimum absolute atomic E-state index is 0.165. The van der Waals surface area contributed by atoms with Crippen LogP contribution in [0.15, 0.2) is 29.2 Å². The van der Waals surface area contributed by atoms with Crippen molar-refractivity contribution in [3.8, 4) is 0 Å². The van der Waals surface area contributed by atoms with Crippen LogP contribution >= 0.6 is 11.8 Å². The molecule has 5 heteroatoms. The van der Waals surface area contributed by atoms with E-state index >= 15 is 0 Å². The molecule has 1 rings (SSSR count). The second-order valence-electron chi connectivity index (χ2n) is 3.73. The van der Waals surface area contributed by atoms with Gasteiger partial charge in [0.05, 0.1) is 5.92 Å². The normalized spacial score (nSPS) is 12.1. The molecule has 92 valence electrons. The van der Waals surface area contributed by atoms with E-state index in [1.54, 1.807) is 11.8 Å². The first kappa shape index (κ1) is 13.6. The van der Waals surface area contributed by atoms with Gasteiger partial charge in [-0.25, -0.2) is 0 Å². The Morgan fingerprint density at radius 1 is 1.24 bits per heavy atom. The summed E-state index contributed by atoms with van der Waals surface area (Å²) in [4.78, 5) is 23.2. The fraction of sp³-hybridized carbons (Fsp3) is 0.333. The van der Waals surface area contributed by atoms with E-state index in [0.29, 0.717) is 6.42 Å². The highest BCUT2D eigenvalue weighted by molar-refractivity contribution is 7.98. The molecule has 0 fully saturated rings. The summed E-state index contributed by atoms with van der Waals surface area (Å²) in [5.74, 6) is -1.29. The number of hydrogen-bond acceptors (Lipinski definition) is 3. The Hall–Kier alpha value is -1.49. The van der Waals surface area contributed by atoms with E-state index in [-0.39, 0.29) is 6.42 Å². The Bertz CT molecular complexity index is 403. The summed E-state index contributed by atoms with van der Waals surface area (Å²) < 4.78 is 0. The van der Waals surface area contributed by atoms with E-state index in [0.717, 1.165) is 10.5 Å². The van der Waals surface area contributed by atoms with Crippen LogP contribution in [0.3, 0.4) is 0 Å². The lowest BCUT2D eigenvalue weighted by atomic mass is 9.93. The second-order valence-corrected chi connectivity index (χ2v) is 4.61. The van der Waals surface area contributed by atoms with E-state index in [1.807, 2.05) is 30.5 Å². The molecule has 0 aliphatic heterocycles. The van der Waals surface area contributed by atoms with E-state index in [4.69, 9.17) is 11.5 Å². The maximum Gasteiger partial charge on any atom is 0.224 e. The van der Waals surface area contributed by atoms with E-state index in [2.05, 4.69) is 0 Å². The van der Waals surface area contributed by atoms with Gasteiger partial charge in [0.1, 0.15) is 0 Å². The maximum absolute atomic E-state index is 11.3. The van der Waals surface area contributed by atoms with Gasteiger partial charge in [0.25, 0.3) is 0 Å². The molecule has 0 aliphatic rings. The minimum atomic E-state index is -0.446. The fourth-order valence-electron chi connectivity index (χ4n) is 1.60. The van der Waals surface area contributed by atoms with E-state index in [1.165, 1.54) is 0 Å². The molecule has 1 unspecified atom stereocenters. The second kappa shape index (κ2) is 6.30. The molecule has 1 aromatic rings. The Morgan fingerprint density at radius 3 is 2.24 bits per heavy atom. The standard InChI is InChI=1S/C12H16N2O2S/c1-17-9-4-2-8(3-5-9)10(12(14)16)6-7-11(13)15/h2-5,10H,6-7H2,1H3,(H2,13,15)(H2,14,16). The third kappa shape index (κ3) is 4.11. The first-order valence-corrected chi connectivity index (χ1v) is 6.48. The average molecular weight is 252 g/mol. The predicted molar refractivity (Wildman–Crippen MR) is 68.6 cm³/mol. The summed E-state index contributed by atoms with van der Waals surface area (Å²) in [6, 6.07) is 7.59. The molecule has 1 atom stereocenters. The Morgan fingerprint density at radius 2 is 1.82 bits per heavy atom. The summed E-state index contributed by atoms with van der Waals surface area (Å²) in [7, 11) is 0. The van der Waals surface area contributed by atoms with Crippen molar-refractivity contribution < 1.29 is 9.59 Å². The van der Waals surface area contributed by atoms with Crippen LogP contribution in [-0.4, -0.2) is 18.1 Å². The molecule has 0 saturated heterocycles. The SMILES string of the molecule is CSc1ccc(C(CCC(N)=O)C(N)=O)cc1. The van der Waals surface area contributed by atoms with Gasteiger partial charge >= 0.3 is 0 Å². The van der Waals surface area contributed by atoms with Gasteiger partial charge in [-0.3, -0.25) is 9.59 Å². The maximum atomic E-state index is 11.3. The quantitative estimate of drug-likeness (QED) is 0.747. The first-order chi connectivity index (χ1) is 8.04. The molecule has 0 heterocycles. The number of benzene rings is 1. The average Bonchev–Trinajstić information content (AvgIpc) is 2.29. The lowest BCUT2D eigenvalue weighted by Crippen LogP contribution is -2.23. The van der Waals surface area contributed by atoms with Gasteiger partial charge in [-0.05, 0) is 30.4 Å². The molecular formula is C12H16N2O2S. The van der Waals surface area contributed by atoms with Gasteiger partial charge in [-0.15, -0.1) is 11.8 Å². The minimum Gasteiger partial charge on any atom is -0.370 e. The molecule has 0 saturated carbocycles. The van der Waals surface area contributed by atoms with Crippen molar-refractivity contribution in [2.75, 3.05) is 6.26 Å². The van der Waals surface area contributed by atoms with Gasteiger partial charge < -0.3 is 11.5 Å². The summed E-state index contributed by atoms with van der Waals surface area (Å²) >= 11 is 1.63. The van der Waals surface area contributed by atoms with Crippen LogP contribution in [0.2, 0.25) is 0 Å². The molecule has 4 N–H and O–H groups in total. The number of amides is 2. The Balaban J connectivity index is 2.81. The Labute approximate surface area is 105 Å². The van der Waals surface area contributed by atoms with Crippen molar-refractivity contribution in [3.05, 3.63) is 29.8 Å². The van der Waals surface area contributed by atoms with Gasteiger partial charge in [0.15, 0.2) is 0 Å². The highest BCUT2D eigenvalue weighted by Crippen LogP contribution is 2.23. The first-order valence-electron chi connectivity index (χ1n) is 5.26. The number of rotatable bonds is 6. The van der Waals surface area contributed by atoms with Crippen molar-refractivity contribution >= 4 is 23.6 Å². The monoisotopic (exact) mass is 252 g/mol. The summed E-state index contributed by atoms with van der Waals surface area (Å²) in [6.45, 7) is 0. The zero-order valence-corrected chi connectivity index (χ0v) is 10.5. The highest BCUT2D eigenvalue weighted by atomic mass is 32.2. The molecule has 4 nitrogen and oxygen atoms in total. The van der Waals surface area contributed by atoms with Gasteiger partial charge in [0, 0.05) is 11.3 Å². The van der Waals surface area contributed by atoms with Crippen LogP contribution < -0.4 is 11.5 Å². The molecule has 17 heavy (non-hydrogen) atoms. The molecule has 0 bridgehead atoms. The van der Waals surface area contributed by atoms with Crippen molar-refractivity contribution in [3.63, 3.8) is 0 Å². The number of nitrogens with two attached hydrogens (primary N) is 2. The van der Waals surface area contributed by atoms with Crippen molar-refractivity contribution in [1.82, 2.24) is 0 Å². The third-order valence-corrected chi connectivity index (χ3v) is 3.28. The molecular weight excluding hydrogens is 236 g/mol. The lowest BCUT2D eigenvalue weighted by molar-refractivity contribution is -0.120. The van der Waals surface area contributed by atoms with Crippen molar-refractivity contribution in [1.29, 1.82) is 0 Å².